The van der Waals surface area contributed by atoms with Gasteiger partial charge in [-0.15, -0.1) is 0 Å². The summed E-state index contributed by atoms with van der Waals surface area (Å²) in [6.45, 7) is 5.35. The van der Waals surface area contributed by atoms with E-state index in [9.17, 15) is 14.7 Å². The predicted molar refractivity (Wildman–Crippen MR) is 160 cm³/mol. The second-order valence-corrected chi connectivity index (χ2v) is 9.68. The van der Waals surface area contributed by atoms with Crippen LogP contribution < -0.4 is 14.2 Å². The van der Waals surface area contributed by atoms with Crippen molar-refractivity contribution in [1.29, 1.82) is 0 Å². The zero-order chi connectivity index (χ0) is 29.7. The molecule has 0 saturated carbocycles. The number of carbonyl (C=O) groups is 2. The highest BCUT2D eigenvalue weighted by Gasteiger charge is 2.12. The Morgan fingerprint density at radius 1 is 0.667 bits per heavy atom. The molecule has 0 aliphatic carbocycles. The minimum atomic E-state index is -0.981. The Morgan fingerprint density at radius 3 is 1.88 bits per heavy atom. The normalized spacial score (nSPS) is 10.8. The molecule has 0 unspecified atom stereocenters. The van der Waals surface area contributed by atoms with Gasteiger partial charge < -0.3 is 24.4 Å². The molecule has 42 heavy (non-hydrogen) atoms. The van der Waals surface area contributed by atoms with Gasteiger partial charge in [-0.05, 0) is 84.6 Å². The van der Waals surface area contributed by atoms with Crippen LogP contribution in [0.5, 0.6) is 17.2 Å². The van der Waals surface area contributed by atoms with Crippen molar-refractivity contribution in [3.8, 4) is 17.2 Å². The summed E-state index contributed by atoms with van der Waals surface area (Å²) in [5.74, 6) is 0.319. The van der Waals surface area contributed by atoms with Crippen molar-refractivity contribution in [3.05, 3.63) is 125 Å². The molecule has 0 heterocycles. The summed E-state index contributed by atoms with van der Waals surface area (Å²) in [6, 6.07) is 29.1. The summed E-state index contributed by atoms with van der Waals surface area (Å²) in [5.41, 5.74) is 3.58. The molecular formula is C34H35NO7. The van der Waals surface area contributed by atoms with E-state index in [1.54, 1.807) is 24.3 Å². The van der Waals surface area contributed by atoms with Crippen LogP contribution in [0.3, 0.4) is 0 Å². The minimum Gasteiger partial charge on any atom is -0.494 e. The zero-order valence-corrected chi connectivity index (χ0v) is 23.6. The third-order valence-corrected chi connectivity index (χ3v) is 6.68. The molecule has 0 spiro atoms. The number of aromatic carboxylic acids is 2. The number of carboxylic acids is 2. The van der Waals surface area contributed by atoms with E-state index in [0.29, 0.717) is 45.2 Å². The first kappa shape index (κ1) is 30.1. The molecule has 0 aliphatic rings. The second-order valence-electron chi connectivity index (χ2n) is 9.68. The molecule has 8 nitrogen and oxygen atoms in total. The van der Waals surface area contributed by atoms with Crippen LogP contribution >= 0.6 is 0 Å². The van der Waals surface area contributed by atoms with Gasteiger partial charge in [0.05, 0.1) is 17.7 Å². The molecule has 218 valence electrons. The topological polar surface area (TPSA) is 106 Å². The Balaban J connectivity index is 1.39. The van der Waals surface area contributed by atoms with E-state index in [0.717, 1.165) is 34.6 Å². The van der Waals surface area contributed by atoms with Crippen LogP contribution in [0.15, 0.2) is 97.1 Å². The highest BCUT2D eigenvalue weighted by Crippen LogP contribution is 2.22. The molecule has 0 fully saturated rings. The fraction of sp³-hybridized carbons (Fsp3) is 0.235. The Hall–Kier alpha value is -4.82. The molecule has 4 aromatic rings. The van der Waals surface area contributed by atoms with Gasteiger partial charge in [0.1, 0.15) is 30.5 Å². The third-order valence-electron chi connectivity index (χ3n) is 6.68. The molecule has 4 aromatic carbocycles. The summed E-state index contributed by atoms with van der Waals surface area (Å²) in [5, 5.41) is 18.3. The van der Waals surface area contributed by atoms with Gasteiger partial charge in [-0.1, -0.05) is 42.5 Å². The highest BCUT2D eigenvalue weighted by molar-refractivity contribution is 5.88. The molecule has 0 amide bonds. The SMILES string of the molecule is CCOc1ccc(COc2ccccc2CCN(CCOc2ccc(C(=O)O)cc2)Cc2ccc(C(=O)O)cc2)cc1. The summed E-state index contributed by atoms with van der Waals surface area (Å²) < 4.78 is 17.6. The van der Waals surface area contributed by atoms with Gasteiger partial charge in [-0.25, -0.2) is 9.59 Å². The van der Waals surface area contributed by atoms with Crippen LogP contribution in [-0.2, 0) is 19.6 Å². The first-order valence-corrected chi connectivity index (χ1v) is 13.8. The van der Waals surface area contributed by atoms with Gasteiger partial charge in [-0.3, -0.25) is 4.90 Å². The van der Waals surface area contributed by atoms with Crippen LogP contribution in [0.2, 0.25) is 0 Å². The molecule has 0 atom stereocenters. The monoisotopic (exact) mass is 569 g/mol. The van der Waals surface area contributed by atoms with Gasteiger partial charge >= 0.3 is 11.9 Å². The van der Waals surface area contributed by atoms with Crippen LogP contribution in [0.4, 0.5) is 0 Å². The fourth-order valence-electron chi connectivity index (χ4n) is 4.41. The van der Waals surface area contributed by atoms with Crippen molar-refractivity contribution in [2.75, 3.05) is 26.3 Å². The van der Waals surface area contributed by atoms with Crippen LogP contribution in [0, 0.1) is 0 Å². The van der Waals surface area contributed by atoms with Gasteiger partial charge in [0, 0.05) is 19.6 Å². The molecule has 8 heteroatoms. The lowest BCUT2D eigenvalue weighted by Crippen LogP contribution is -2.30. The second kappa shape index (κ2) is 15.3. The first-order valence-electron chi connectivity index (χ1n) is 13.8. The number of carboxylic acid groups (broad SMARTS) is 2. The number of nitrogens with zero attached hydrogens (tertiary/aromatic N) is 1. The molecule has 0 saturated heterocycles. The van der Waals surface area contributed by atoms with E-state index in [1.807, 2.05) is 61.5 Å². The maximum atomic E-state index is 11.3. The van der Waals surface area contributed by atoms with Gasteiger partial charge in [0.15, 0.2) is 0 Å². The molecule has 2 N–H and O–H groups in total. The van der Waals surface area contributed by atoms with Crippen molar-refractivity contribution < 1.29 is 34.0 Å². The lowest BCUT2D eigenvalue weighted by atomic mass is 10.1. The van der Waals surface area contributed by atoms with E-state index < -0.39 is 11.9 Å². The summed E-state index contributed by atoms with van der Waals surface area (Å²) in [6.07, 6.45) is 0.736. The molecular weight excluding hydrogens is 534 g/mol. The zero-order valence-electron chi connectivity index (χ0n) is 23.6. The van der Waals surface area contributed by atoms with E-state index >= 15 is 0 Å². The van der Waals surface area contributed by atoms with Crippen molar-refractivity contribution in [1.82, 2.24) is 4.90 Å². The summed E-state index contributed by atoms with van der Waals surface area (Å²) >= 11 is 0. The molecule has 0 radical (unpaired) electrons. The smallest absolute Gasteiger partial charge is 0.335 e. The minimum absolute atomic E-state index is 0.206. The number of rotatable bonds is 16. The third kappa shape index (κ3) is 9.11. The van der Waals surface area contributed by atoms with Crippen molar-refractivity contribution in [2.45, 2.75) is 26.5 Å². The predicted octanol–water partition coefficient (Wildman–Crippen LogP) is 6.18. The van der Waals surface area contributed by atoms with Crippen molar-refractivity contribution >= 4 is 11.9 Å². The van der Waals surface area contributed by atoms with Crippen molar-refractivity contribution in [3.63, 3.8) is 0 Å². The lowest BCUT2D eigenvalue weighted by Gasteiger charge is -2.23. The highest BCUT2D eigenvalue weighted by atomic mass is 16.5. The number of hydrogen-bond donors (Lipinski definition) is 2. The fourth-order valence-corrected chi connectivity index (χ4v) is 4.41. The first-order chi connectivity index (χ1) is 20.4. The molecule has 0 bridgehead atoms. The standard InChI is InChI=1S/C34H35NO7/c1-2-40-30-15-9-26(10-16-30)24-42-32-6-4-3-5-27(32)19-20-35(23-25-7-11-28(12-8-25)33(36)37)21-22-41-31-17-13-29(14-18-31)34(38)39/h3-18H,2,19-24H2,1H3,(H,36,37)(H,38,39). The molecule has 4 rings (SSSR count). The summed E-state index contributed by atoms with van der Waals surface area (Å²) in [4.78, 5) is 24.6. The Kier molecular flexibility index (Phi) is 10.9. The molecule has 0 aliphatic heterocycles. The van der Waals surface area contributed by atoms with Crippen LogP contribution in [-0.4, -0.2) is 53.4 Å². The maximum Gasteiger partial charge on any atom is 0.335 e. The van der Waals surface area contributed by atoms with Crippen LogP contribution in [0.25, 0.3) is 0 Å². The maximum absolute atomic E-state index is 11.3. The number of hydrogen-bond acceptors (Lipinski definition) is 6. The number of ether oxygens (including phenoxy) is 3. The Labute approximate surface area is 245 Å². The van der Waals surface area contributed by atoms with Gasteiger partial charge in [-0.2, -0.15) is 0 Å². The van der Waals surface area contributed by atoms with Gasteiger partial charge in [0.2, 0.25) is 0 Å². The average Bonchev–Trinajstić information content (AvgIpc) is 3.00. The number of benzene rings is 4. The van der Waals surface area contributed by atoms with Crippen molar-refractivity contribution in [2.24, 2.45) is 0 Å². The van der Waals surface area contributed by atoms with Crippen LogP contribution in [0.1, 0.15) is 44.3 Å². The Bertz CT molecular complexity index is 1430. The van der Waals surface area contributed by atoms with E-state index in [1.165, 1.54) is 12.1 Å². The van der Waals surface area contributed by atoms with E-state index in [-0.39, 0.29) is 11.1 Å². The molecule has 0 aromatic heterocycles. The van der Waals surface area contributed by atoms with E-state index in [4.69, 9.17) is 19.3 Å². The largest absolute Gasteiger partial charge is 0.494 e. The number of para-hydroxylation sites is 1. The van der Waals surface area contributed by atoms with Gasteiger partial charge in [0.25, 0.3) is 0 Å². The quantitative estimate of drug-likeness (QED) is 0.165. The Morgan fingerprint density at radius 2 is 1.24 bits per heavy atom. The summed E-state index contributed by atoms with van der Waals surface area (Å²) in [7, 11) is 0. The average molecular weight is 570 g/mol. The van der Waals surface area contributed by atoms with E-state index in [2.05, 4.69) is 11.0 Å². The lowest BCUT2D eigenvalue weighted by molar-refractivity contribution is 0.0686.